The Morgan fingerprint density at radius 3 is 2.42 bits per heavy atom. The fourth-order valence-corrected chi connectivity index (χ4v) is 4.34. The summed E-state index contributed by atoms with van der Waals surface area (Å²) >= 11 is 0. The molecular formula is C14H18F2O3. The summed E-state index contributed by atoms with van der Waals surface area (Å²) in [4.78, 5) is 24.2. The Kier molecular flexibility index (Phi) is 2.74. The van der Waals surface area contributed by atoms with Gasteiger partial charge in [0.05, 0.1) is 5.41 Å². The molecule has 4 aliphatic rings. The summed E-state index contributed by atoms with van der Waals surface area (Å²) in [5, 5.41) is 0. The lowest BCUT2D eigenvalue weighted by Crippen LogP contribution is -2.55. The standard InChI is InChI=1S/C14H18F2O3/c1-13(15,16)7-19-12(18)14-4-8-2-9(5-14)11(17)10(3-8)6-14/h8-10H,2-7H2,1H3. The molecule has 0 aromatic heterocycles. The quantitative estimate of drug-likeness (QED) is 0.742. The predicted octanol–water partition coefficient (Wildman–Crippen LogP) is 2.58. The topological polar surface area (TPSA) is 43.4 Å². The van der Waals surface area contributed by atoms with Crippen molar-refractivity contribution in [3.05, 3.63) is 0 Å². The van der Waals surface area contributed by atoms with Crippen molar-refractivity contribution in [1.82, 2.24) is 0 Å². The summed E-state index contributed by atoms with van der Waals surface area (Å²) in [6.45, 7) is -0.120. The van der Waals surface area contributed by atoms with Gasteiger partial charge < -0.3 is 4.74 Å². The van der Waals surface area contributed by atoms with Crippen molar-refractivity contribution in [2.24, 2.45) is 23.2 Å². The third-order valence-electron chi connectivity index (χ3n) is 4.88. The Labute approximate surface area is 110 Å². The van der Waals surface area contributed by atoms with Crippen LogP contribution in [0.2, 0.25) is 0 Å². The maximum absolute atomic E-state index is 12.8. The summed E-state index contributed by atoms with van der Waals surface area (Å²) in [6, 6.07) is 0. The molecule has 3 nitrogen and oxygen atoms in total. The van der Waals surface area contributed by atoms with Crippen molar-refractivity contribution < 1.29 is 23.1 Å². The van der Waals surface area contributed by atoms with Gasteiger partial charge in [0.25, 0.3) is 5.92 Å². The third kappa shape index (κ3) is 2.17. The van der Waals surface area contributed by atoms with Crippen LogP contribution in [0.4, 0.5) is 8.78 Å². The van der Waals surface area contributed by atoms with Gasteiger partial charge in [0.2, 0.25) is 0 Å². The molecule has 2 atom stereocenters. The van der Waals surface area contributed by atoms with Crippen LogP contribution in [0.25, 0.3) is 0 Å². The van der Waals surface area contributed by atoms with Crippen molar-refractivity contribution in [2.75, 3.05) is 6.61 Å². The van der Waals surface area contributed by atoms with Crippen LogP contribution in [0.3, 0.4) is 0 Å². The molecule has 4 aliphatic carbocycles. The lowest BCUT2D eigenvalue weighted by Gasteiger charge is -2.53. The Bertz CT molecular complexity index is 409. The summed E-state index contributed by atoms with van der Waals surface area (Å²) in [5.74, 6) is -2.92. The number of hydrogen-bond acceptors (Lipinski definition) is 3. The maximum atomic E-state index is 12.8. The van der Waals surface area contributed by atoms with Crippen LogP contribution >= 0.6 is 0 Å². The highest BCUT2D eigenvalue weighted by Gasteiger charge is 2.59. The van der Waals surface area contributed by atoms with Crippen LogP contribution in [0.5, 0.6) is 0 Å². The van der Waals surface area contributed by atoms with E-state index < -0.39 is 23.9 Å². The molecule has 4 rings (SSSR count). The zero-order chi connectivity index (χ0) is 13.8. The number of Topliss-reactive ketones (excluding diaryl/α,β-unsaturated/α-hetero) is 1. The van der Waals surface area contributed by atoms with Crippen LogP contribution in [0.1, 0.15) is 39.0 Å². The molecule has 0 aromatic carbocycles. The van der Waals surface area contributed by atoms with Gasteiger partial charge in [0, 0.05) is 18.8 Å². The number of ketones is 1. The number of alkyl halides is 2. The summed E-state index contributed by atoms with van der Waals surface area (Å²) in [7, 11) is 0. The van der Waals surface area contributed by atoms with Gasteiger partial charge in [-0.05, 0) is 38.0 Å². The van der Waals surface area contributed by atoms with Gasteiger partial charge >= 0.3 is 5.97 Å². The van der Waals surface area contributed by atoms with Crippen molar-refractivity contribution in [3.8, 4) is 0 Å². The zero-order valence-electron chi connectivity index (χ0n) is 11.0. The van der Waals surface area contributed by atoms with E-state index in [-0.39, 0.29) is 17.6 Å². The number of carbonyl (C=O) groups is 2. The van der Waals surface area contributed by atoms with Crippen molar-refractivity contribution in [3.63, 3.8) is 0 Å². The first-order chi connectivity index (χ1) is 8.79. The molecule has 0 heterocycles. The van der Waals surface area contributed by atoms with E-state index in [4.69, 9.17) is 4.74 Å². The Morgan fingerprint density at radius 1 is 1.32 bits per heavy atom. The highest BCUT2D eigenvalue weighted by atomic mass is 19.3. The molecule has 106 valence electrons. The Hall–Kier alpha value is -1.00. The minimum absolute atomic E-state index is 0.0408. The van der Waals surface area contributed by atoms with E-state index in [1.165, 1.54) is 0 Å². The van der Waals surface area contributed by atoms with Gasteiger partial charge in [0.15, 0.2) is 6.61 Å². The van der Waals surface area contributed by atoms with Gasteiger partial charge in [-0.15, -0.1) is 0 Å². The monoisotopic (exact) mass is 272 g/mol. The predicted molar refractivity (Wildman–Crippen MR) is 62.6 cm³/mol. The average molecular weight is 272 g/mol. The first-order valence-corrected chi connectivity index (χ1v) is 6.88. The molecule has 2 unspecified atom stereocenters. The van der Waals surface area contributed by atoms with E-state index in [1.807, 2.05) is 0 Å². The number of ether oxygens (including phenoxy) is 1. The van der Waals surface area contributed by atoms with Crippen molar-refractivity contribution in [1.29, 1.82) is 0 Å². The second kappa shape index (κ2) is 4.00. The molecule has 19 heavy (non-hydrogen) atoms. The fourth-order valence-electron chi connectivity index (χ4n) is 4.34. The molecule has 0 saturated heterocycles. The Morgan fingerprint density at radius 2 is 1.89 bits per heavy atom. The van der Waals surface area contributed by atoms with Gasteiger partial charge in [-0.1, -0.05) is 0 Å². The summed E-state index contributed by atoms with van der Waals surface area (Å²) in [6.07, 6.45) is 3.46. The van der Waals surface area contributed by atoms with Crippen LogP contribution in [0, 0.1) is 23.2 Å². The second-order valence-corrected chi connectivity index (χ2v) is 6.67. The number of carbonyl (C=O) groups excluding carboxylic acids is 2. The van der Waals surface area contributed by atoms with E-state index in [0.717, 1.165) is 19.8 Å². The van der Waals surface area contributed by atoms with Crippen molar-refractivity contribution >= 4 is 11.8 Å². The molecule has 0 aliphatic heterocycles. The average Bonchev–Trinajstić information content (AvgIpc) is 2.30. The molecule has 4 fully saturated rings. The largest absolute Gasteiger partial charge is 0.459 e. The zero-order valence-corrected chi connectivity index (χ0v) is 11.0. The minimum atomic E-state index is -2.99. The number of esters is 1. The van der Waals surface area contributed by atoms with E-state index in [0.29, 0.717) is 25.2 Å². The van der Waals surface area contributed by atoms with E-state index in [2.05, 4.69) is 0 Å². The van der Waals surface area contributed by atoms with Gasteiger partial charge in [-0.2, -0.15) is 0 Å². The summed E-state index contributed by atoms with van der Waals surface area (Å²) < 4.78 is 30.4. The summed E-state index contributed by atoms with van der Waals surface area (Å²) in [5.41, 5.74) is -0.657. The molecule has 0 radical (unpaired) electrons. The Balaban J connectivity index is 1.74. The molecule has 0 N–H and O–H groups in total. The lowest BCUT2D eigenvalue weighted by molar-refractivity contribution is -0.181. The highest BCUT2D eigenvalue weighted by Crippen LogP contribution is 2.59. The molecule has 4 bridgehead atoms. The molecule has 0 aromatic rings. The van der Waals surface area contributed by atoms with E-state index >= 15 is 0 Å². The van der Waals surface area contributed by atoms with Gasteiger partial charge in [-0.25, -0.2) is 8.78 Å². The molecule has 4 saturated carbocycles. The van der Waals surface area contributed by atoms with Gasteiger partial charge in [-0.3, -0.25) is 9.59 Å². The molecule has 5 heteroatoms. The SMILES string of the molecule is CC(F)(F)COC(=O)C12CC3CC(C1)C(=O)C(C3)C2. The van der Waals surface area contributed by atoms with Crippen molar-refractivity contribution in [2.45, 2.75) is 45.0 Å². The number of halogens is 2. The van der Waals surface area contributed by atoms with Crippen LogP contribution in [-0.2, 0) is 14.3 Å². The van der Waals surface area contributed by atoms with E-state index in [1.54, 1.807) is 0 Å². The first-order valence-electron chi connectivity index (χ1n) is 6.88. The van der Waals surface area contributed by atoms with Crippen LogP contribution in [0.15, 0.2) is 0 Å². The molecular weight excluding hydrogens is 254 g/mol. The normalized spacial score (nSPS) is 40.6. The van der Waals surface area contributed by atoms with Gasteiger partial charge in [0.1, 0.15) is 5.78 Å². The minimum Gasteiger partial charge on any atom is -0.459 e. The van der Waals surface area contributed by atoms with E-state index in [9.17, 15) is 18.4 Å². The maximum Gasteiger partial charge on any atom is 0.312 e. The first kappa shape index (κ1) is 13.0. The number of rotatable bonds is 3. The smallest absolute Gasteiger partial charge is 0.312 e. The molecule has 0 spiro atoms. The number of hydrogen-bond donors (Lipinski definition) is 0. The second-order valence-electron chi connectivity index (χ2n) is 6.67. The van der Waals surface area contributed by atoms with Crippen LogP contribution < -0.4 is 0 Å². The molecule has 0 amide bonds. The lowest BCUT2D eigenvalue weighted by atomic mass is 9.49. The highest BCUT2D eigenvalue weighted by molar-refractivity contribution is 5.89. The fraction of sp³-hybridized carbons (Fsp3) is 0.857. The third-order valence-corrected chi connectivity index (χ3v) is 4.88. The van der Waals surface area contributed by atoms with Crippen LogP contribution in [-0.4, -0.2) is 24.3 Å².